The summed E-state index contributed by atoms with van der Waals surface area (Å²) < 4.78 is 1.39. The number of nitrogens with zero attached hydrogens (tertiary/aromatic N) is 3. The topological polar surface area (TPSA) is 99.8 Å². The maximum atomic E-state index is 11.0. The van der Waals surface area contributed by atoms with E-state index in [0.29, 0.717) is 0 Å². The average Bonchev–Trinajstić information content (AvgIpc) is 2.71. The van der Waals surface area contributed by atoms with Gasteiger partial charge in [0, 0.05) is 4.90 Å². The molecule has 0 atom stereocenters. The first kappa shape index (κ1) is 11.5. The number of benzene rings is 1. The quantitative estimate of drug-likeness (QED) is 0.779. The molecular formula is C10H11N5OS. The van der Waals surface area contributed by atoms with E-state index in [4.69, 9.17) is 11.5 Å². The van der Waals surface area contributed by atoms with E-state index in [1.54, 1.807) is 11.8 Å². The molecule has 6 nitrogen and oxygen atoms in total. The van der Waals surface area contributed by atoms with Crippen LogP contribution in [-0.2, 0) is 0 Å². The van der Waals surface area contributed by atoms with Crippen molar-refractivity contribution in [2.24, 2.45) is 5.73 Å². The van der Waals surface area contributed by atoms with Gasteiger partial charge in [0.2, 0.25) is 0 Å². The van der Waals surface area contributed by atoms with Crippen LogP contribution in [0, 0.1) is 0 Å². The van der Waals surface area contributed by atoms with Gasteiger partial charge < -0.3 is 11.5 Å². The highest BCUT2D eigenvalue weighted by molar-refractivity contribution is 7.98. The van der Waals surface area contributed by atoms with Gasteiger partial charge in [-0.1, -0.05) is 11.3 Å². The molecule has 0 saturated heterocycles. The Morgan fingerprint density at radius 3 is 2.82 bits per heavy atom. The maximum absolute atomic E-state index is 11.0. The lowest BCUT2D eigenvalue weighted by Crippen LogP contribution is -2.14. The summed E-state index contributed by atoms with van der Waals surface area (Å²) in [4.78, 5) is 12.1. The fraction of sp³-hybridized carbons (Fsp3) is 0.100. The highest BCUT2D eigenvalue weighted by Gasteiger charge is 2.15. The van der Waals surface area contributed by atoms with Gasteiger partial charge >= 0.3 is 0 Å². The molecular weight excluding hydrogens is 238 g/mol. The molecule has 0 unspecified atom stereocenters. The maximum Gasteiger partial charge on any atom is 0.273 e. The molecule has 1 aromatic carbocycles. The van der Waals surface area contributed by atoms with Gasteiger partial charge in [0.15, 0.2) is 11.5 Å². The van der Waals surface area contributed by atoms with Crippen molar-refractivity contribution in [2.45, 2.75) is 4.90 Å². The molecule has 0 bridgehead atoms. The van der Waals surface area contributed by atoms with Crippen molar-refractivity contribution in [3.8, 4) is 5.69 Å². The second-order valence-electron chi connectivity index (χ2n) is 3.30. The average molecular weight is 249 g/mol. The molecule has 2 aromatic rings. The zero-order chi connectivity index (χ0) is 12.4. The second-order valence-corrected chi connectivity index (χ2v) is 4.18. The minimum absolute atomic E-state index is 0.0143. The van der Waals surface area contributed by atoms with Crippen LogP contribution in [0.1, 0.15) is 10.5 Å². The lowest BCUT2D eigenvalue weighted by Gasteiger charge is -2.04. The molecule has 0 saturated carbocycles. The summed E-state index contributed by atoms with van der Waals surface area (Å²) in [5.41, 5.74) is 11.6. The van der Waals surface area contributed by atoms with Crippen molar-refractivity contribution in [1.82, 2.24) is 15.0 Å². The highest BCUT2D eigenvalue weighted by atomic mass is 32.2. The van der Waals surface area contributed by atoms with Crippen molar-refractivity contribution in [3.05, 3.63) is 30.0 Å². The number of hydrogen-bond acceptors (Lipinski definition) is 5. The van der Waals surface area contributed by atoms with E-state index < -0.39 is 5.91 Å². The second kappa shape index (κ2) is 4.46. The summed E-state index contributed by atoms with van der Waals surface area (Å²) in [6, 6.07) is 7.58. The molecule has 4 N–H and O–H groups in total. The molecule has 1 aromatic heterocycles. The van der Waals surface area contributed by atoms with E-state index in [1.807, 2.05) is 30.5 Å². The third kappa shape index (κ3) is 2.09. The first-order valence-electron chi connectivity index (χ1n) is 4.79. The number of carbonyl (C=O) groups is 1. The van der Waals surface area contributed by atoms with Gasteiger partial charge in [-0.25, -0.2) is 0 Å². The van der Waals surface area contributed by atoms with Crippen LogP contribution in [0.3, 0.4) is 0 Å². The normalized spacial score (nSPS) is 10.4. The summed E-state index contributed by atoms with van der Waals surface area (Å²) in [5.74, 6) is -0.537. The van der Waals surface area contributed by atoms with E-state index in [1.165, 1.54) is 4.68 Å². The highest BCUT2D eigenvalue weighted by Crippen LogP contribution is 2.20. The zero-order valence-electron chi connectivity index (χ0n) is 9.12. The van der Waals surface area contributed by atoms with Crippen molar-refractivity contribution in [1.29, 1.82) is 0 Å². The van der Waals surface area contributed by atoms with Crippen LogP contribution in [0.15, 0.2) is 29.2 Å². The zero-order valence-corrected chi connectivity index (χ0v) is 9.94. The smallest absolute Gasteiger partial charge is 0.273 e. The summed E-state index contributed by atoms with van der Waals surface area (Å²) in [6.07, 6.45) is 1.97. The van der Waals surface area contributed by atoms with Gasteiger partial charge in [0.25, 0.3) is 5.91 Å². The Morgan fingerprint density at radius 1 is 1.47 bits per heavy atom. The van der Waals surface area contributed by atoms with Gasteiger partial charge in [-0.2, -0.15) is 4.68 Å². The Hall–Kier alpha value is -2.02. The van der Waals surface area contributed by atoms with Crippen LogP contribution in [0.4, 0.5) is 5.82 Å². The summed E-state index contributed by atoms with van der Waals surface area (Å²) >= 11 is 1.60. The summed E-state index contributed by atoms with van der Waals surface area (Å²) in [5, 5.41) is 7.47. The van der Waals surface area contributed by atoms with Crippen molar-refractivity contribution in [3.63, 3.8) is 0 Å². The van der Waals surface area contributed by atoms with E-state index >= 15 is 0 Å². The molecule has 0 spiro atoms. The molecule has 0 aliphatic carbocycles. The fourth-order valence-electron chi connectivity index (χ4n) is 1.40. The summed E-state index contributed by atoms with van der Waals surface area (Å²) in [6.45, 7) is 0. The fourth-order valence-corrected chi connectivity index (χ4v) is 1.85. The van der Waals surface area contributed by atoms with E-state index in [2.05, 4.69) is 10.3 Å². The van der Waals surface area contributed by atoms with Crippen LogP contribution >= 0.6 is 11.8 Å². The third-order valence-corrected chi connectivity index (χ3v) is 2.96. The van der Waals surface area contributed by atoms with Gasteiger partial charge in [-0.05, 0) is 24.5 Å². The summed E-state index contributed by atoms with van der Waals surface area (Å²) in [7, 11) is 0. The Bertz CT molecular complexity index is 566. The Labute approximate surface area is 102 Å². The largest absolute Gasteiger partial charge is 0.382 e. The number of primary amides is 1. The van der Waals surface area contributed by atoms with Gasteiger partial charge in [-0.15, -0.1) is 16.9 Å². The van der Waals surface area contributed by atoms with E-state index in [-0.39, 0.29) is 11.5 Å². The molecule has 1 heterocycles. The van der Waals surface area contributed by atoms with E-state index in [0.717, 1.165) is 10.6 Å². The predicted molar refractivity (Wildman–Crippen MR) is 66.1 cm³/mol. The van der Waals surface area contributed by atoms with Crippen LogP contribution < -0.4 is 11.5 Å². The van der Waals surface area contributed by atoms with Crippen molar-refractivity contribution in [2.75, 3.05) is 12.0 Å². The number of carbonyl (C=O) groups excluding carboxylic acids is 1. The molecule has 1 amide bonds. The molecule has 17 heavy (non-hydrogen) atoms. The first-order valence-corrected chi connectivity index (χ1v) is 6.01. The molecule has 0 aliphatic rings. The number of nitrogen functional groups attached to an aromatic ring is 1. The lowest BCUT2D eigenvalue weighted by molar-refractivity contribution is 0.0996. The molecule has 0 fully saturated rings. The standard InChI is InChI=1S/C10H11N5OS/c1-17-7-4-2-3-6(5-7)15-9(11)8(10(12)16)13-14-15/h2-5H,11H2,1H3,(H2,12,16). The third-order valence-electron chi connectivity index (χ3n) is 2.24. The Balaban J connectivity index is 2.49. The van der Waals surface area contributed by atoms with Gasteiger partial charge in [-0.3, -0.25) is 4.79 Å². The predicted octanol–water partition coefficient (Wildman–Crippen LogP) is 0.670. The van der Waals surface area contributed by atoms with Crippen molar-refractivity contribution >= 4 is 23.5 Å². The number of aromatic nitrogens is 3. The minimum atomic E-state index is -0.685. The molecule has 7 heteroatoms. The van der Waals surface area contributed by atoms with E-state index in [9.17, 15) is 4.79 Å². The molecule has 0 radical (unpaired) electrons. The van der Waals surface area contributed by atoms with Crippen LogP contribution in [0.25, 0.3) is 5.69 Å². The number of amides is 1. The molecule has 2 rings (SSSR count). The molecule has 0 aliphatic heterocycles. The van der Waals surface area contributed by atoms with Crippen molar-refractivity contribution < 1.29 is 4.79 Å². The van der Waals surface area contributed by atoms with Crippen LogP contribution in [-0.4, -0.2) is 27.2 Å². The van der Waals surface area contributed by atoms with Crippen LogP contribution in [0.5, 0.6) is 0 Å². The van der Waals surface area contributed by atoms with Gasteiger partial charge in [0.1, 0.15) is 0 Å². The van der Waals surface area contributed by atoms with Crippen LogP contribution in [0.2, 0.25) is 0 Å². The number of hydrogen-bond donors (Lipinski definition) is 2. The Morgan fingerprint density at radius 2 is 2.24 bits per heavy atom. The van der Waals surface area contributed by atoms with Gasteiger partial charge in [0.05, 0.1) is 5.69 Å². The monoisotopic (exact) mass is 249 g/mol. The Kier molecular flexibility index (Phi) is 3.01. The first-order chi connectivity index (χ1) is 8.13. The number of anilines is 1. The molecule has 88 valence electrons. The minimum Gasteiger partial charge on any atom is -0.382 e. The lowest BCUT2D eigenvalue weighted by atomic mass is 10.3. The number of rotatable bonds is 3. The number of thioether (sulfide) groups is 1. The SMILES string of the molecule is CSc1cccc(-n2nnc(C(N)=O)c2N)c1. The number of nitrogens with two attached hydrogens (primary N) is 2.